The van der Waals surface area contributed by atoms with Crippen molar-refractivity contribution in [3.63, 3.8) is 0 Å². The molecule has 6 aromatic rings. The van der Waals surface area contributed by atoms with Gasteiger partial charge in [-0.15, -0.1) is 0 Å². The molecule has 0 bridgehead atoms. The summed E-state index contributed by atoms with van der Waals surface area (Å²) in [5.41, 5.74) is 16.8. The second-order valence-corrected chi connectivity index (χ2v) is 13.9. The quantitative estimate of drug-likeness (QED) is 0.210. The zero-order valence-electron chi connectivity index (χ0n) is 27.0. The lowest BCUT2D eigenvalue weighted by Gasteiger charge is -2.36. The van der Waals surface area contributed by atoms with Crippen LogP contribution < -0.4 is 5.32 Å². The fourth-order valence-electron chi connectivity index (χ4n) is 7.76. The van der Waals surface area contributed by atoms with Gasteiger partial charge in [-0.05, 0) is 79.4 Å². The molecule has 0 radical (unpaired) electrons. The summed E-state index contributed by atoms with van der Waals surface area (Å²) in [4.78, 5) is 0. The SMILES string of the molecule is CC1(C)c2ccccc2Nc2ccc(-c3ccc(/C=C/C(c4ccccc4)c4ccc5c(c4)C(C)(C)c4ccccc4-5)cc3)cc21. The monoisotopic (exact) mass is 593 g/mol. The molecule has 1 atom stereocenters. The summed E-state index contributed by atoms with van der Waals surface area (Å²) in [5, 5.41) is 3.65. The number of anilines is 2. The van der Waals surface area contributed by atoms with Crippen LogP contribution in [-0.4, -0.2) is 0 Å². The van der Waals surface area contributed by atoms with Gasteiger partial charge in [-0.1, -0.05) is 161 Å². The van der Waals surface area contributed by atoms with E-state index in [1.807, 2.05) is 0 Å². The van der Waals surface area contributed by atoms with Crippen LogP contribution in [0.15, 0.2) is 146 Å². The average molecular weight is 594 g/mol. The lowest BCUT2D eigenvalue weighted by molar-refractivity contribution is 0.638. The summed E-state index contributed by atoms with van der Waals surface area (Å²) in [6.45, 7) is 9.37. The van der Waals surface area contributed by atoms with Crippen LogP contribution in [0.1, 0.15) is 72.6 Å². The molecule has 1 N–H and O–H groups in total. The van der Waals surface area contributed by atoms with Gasteiger partial charge in [0.2, 0.25) is 0 Å². The minimum absolute atomic E-state index is 0.0198. The summed E-state index contributed by atoms with van der Waals surface area (Å²) < 4.78 is 0. The Hall–Kier alpha value is -5.14. The number of hydrogen-bond donors (Lipinski definition) is 1. The second-order valence-electron chi connectivity index (χ2n) is 13.9. The number of fused-ring (bicyclic) bond motifs is 5. The molecule has 8 rings (SSSR count). The van der Waals surface area contributed by atoms with E-state index in [1.54, 1.807) is 0 Å². The van der Waals surface area contributed by atoms with E-state index in [9.17, 15) is 0 Å². The molecule has 224 valence electrons. The maximum Gasteiger partial charge on any atom is 0.0426 e. The average Bonchev–Trinajstić information content (AvgIpc) is 3.31. The topological polar surface area (TPSA) is 12.0 Å². The van der Waals surface area contributed by atoms with E-state index < -0.39 is 0 Å². The molecular formula is C45H39N. The third-order valence-electron chi connectivity index (χ3n) is 10.4. The number of allylic oxidation sites excluding steroid dienone is 1. The van der Waals surface area contributed by atoms with Gasteiger partial charge in [0.05, 0.1) is 0 Å². The van der Waals surface area contributed by atoms with Crippen LogP contribution in [0.3, 0.4) is 0 Å². The molecule has 2 aliphatic rings. The first-order valence-electron chi connectivity index (χ1n) is 16.4. The van der Waals surface area contributed by atoms with Crippen LogP contribution in [0.25, 0.3) is 28.3 Å². The van der Waals surface area contributed by atoms with E-state index in [0.717, 1.165) is 0 Å². The molecule has 0 fully saturated rings. The number of para-hydroxylation sites is 1. The van der Waals surface area contributed by atoms with Crippen molar-refractivity contribution in [3.05, 3.63) is 185 Å². The summed E-state index contributed by atoms with van der Waals surface area (Å²) >= 11 is 0. The van der Waals surface area contributed by atoms with Crippen molar-refractivity contribution in [2.75, 3.05) is 5.32 Å². The Morgan fingerprint density at radius 1 is 0.478 bits per heavy atom. The molecule has 1 aliphatic heterocycles. The van der Waals surface area contributed by atoms with Crippen LogP contribution >= 0.6 is 0 Å². The van der Waals surface area contributed by atoms with Gasteiger partial charge in [0.15, 0.2) is 0 Å². The fraction of sp³-hybridized carbons (Fsp3) is 0.156. The highest BCUT2D eigenvalue weighted by molar-refractivity contribution is 5.82. The van der Waals surface area contributed by atoms with Crippen LogP contribution in [0.5, 0.6) is 0 Å². The van der Waals surface area contributed by atoms with Crippen molar-refractivity contribution in [1.82, 2.24) is 0 Å². The first kappa shape index (κ1) is 28.3. The van der Waals surface area contributed by atoms with Gasteiger partial charge in [0.25, 0.3) is 0 Å². The van der Waals surface area contributed by atoms with E-state index >= 15 is 0 Å². The third kappa shape index (κ3) is 4.62. The molecule has 1 heteroatoms. The molecule has 0 spiro atoms. The van der Waals surface area contributed by atoms with Crippen molar-refractivity contribution in [2.45, 2.75) is 44.4 Å². The summed E-state index contributed by atoms with van der Waals surface area (Å²) in [6, 6.07) is 51.3. The lowest BCUT2D eigenvalue weighted by atomic mass is 9.73. The van der Waals surface area contributed by atoms with Crippen LogP contribution in [-0.2, 0) is 10.8 Å². The maximum absolute atomic E-state index is 3.65. The van der Waals surface area contributed by atoms with E-state index in [2.05, 4.69) is 185 Å². The zero-order valence-corrected chi connectivity index (χ0v) is 27.0. The zero-order chi connectivity index (χ0) is 31.5. The molecule has 0 saturated carbocycles. The standard InChI is InChI=1S/C45H39N/c1-44(2)38-15-9-8-14-36(38)37-26-23-34(29-40(37)44)35(32-12-6-5-7-13-32)25-20-30-18-21-31(22-19-30)33-24-27-43-41(28-33)45(3,4)39-16-10-11-17-42(39)46-43/h5-29,35,46H,1-4H3/b25-20+. The largest absolute Gasteiger partial charge is 0.355 e. The highest BCUT2D eigenvalue weighted by atomic mass is 14.9. The minimum Gasteiger partial charge on any atom is -0.355 e. The molecule has 6 aromatic carbocycles. The van der Waals surface area contributed by atoms with Gasteiger partial charge < -0.3 is 5.32 Å². The van der Waals surface area contributed by atoms with Crippen molar-refractivity contribution in [1.29, 1.82) is 0 Å². The van der Waals surface area contributed by atoms with Gasteiger partial charge >= 0.3 is 0 Å². The Bertz CT molecular complexity index is 2110. The first-order valence-corrected chi connectivity index (χ1v) is 16.4. The molecule has 46 heavy (non-hydrogen) atoms. The highest BCUT2D eigenvalue weighted by Gasteiger charge is 2.36. The third-order valence-corrected chi connectivity index (χ3v) is 10.4. The molecule has 1 heterocycles. The van der Waals surface area contributed by atoms with Crippen LogP contribution in [0.4, 0.5) is 11.4 Å². The minimum atomic E-state index is -0.0716. The molecule has 1 aliphatic carbocycles. The van der Waals surface area contributed by atoms with E-state index in [-0.39, 0.29) is 16.7 Å². The van der Waals surface area contributed by atoms with E-state index in [4.69, 9.17) is 0 Å². The Labute approximate surface area is 273 Å². The van der Waals surface area contributed by atoms with Crippen molar-refractivity contribution in [2.24, 2.45) is 0 Å². The Morgan fingerprint density at radius 2 is 1.11 bits per heavy atom. The molecule has 0 aromatic heterocycles. The van der Waals surface area contributed by atoms with Crippen molar-refractivity contribution in [3.8, 4) is 22.3 Å². The fourth-order valence-corrected chi connectivity index (χ4v) is 7.76. The summed E-state index contributed by atoms with van der Waals surface area (Å²) in [5.74, 6) is 0.156. The normalized spacial score (nSPS) is 15.7. The van der Waals surface area contributed by atoms with Crippen molar-refractivity contribution < 1.29 is 0 Å². The van der Waals surface area contributed by atoms with Crippen molar-refractivity contribution >= 4 is 17.5 Å². The molecule has 0 amide bonds. The first-order chi connectivity index (χ1) is 22.3. The van der Waals surface area contributed by atoms with E-state index in [0.29, 0.717) is 0 Å². The smallest absolute Gasteiger partial charge is 0.0426 e. The number of rotatable bonds is 5. The molecular weight excluding hydrogens is 555 g/mol. The number of nitrogens with one attached hydrogen (secondary N) is 1. The molecule has 0 saturated heterocycles. The summed E-state index contributed by atoms with van der Waals surface area (Å²) in [7, 11) is 0. The number of hydrogen-bond acceptors (Lipinski definition) is 1. The molecule has 1 nitrogen and oxygen atoms in total. The second kappa shape index (κ2) is 10.7. The Kier molecular flexibility index (Phi) is 6.62. The Morgan fingerprint density at radius 3 is 1.91 bits per heavy atom. The van der Waals surface area contributed by atoms with Gasteiger partial charge in [0.1, 0.15) is 0 Å². The Balaban J connectivity index is 1.10. The highest BCUT2D eigenvalue weighted by Crippen LogP contribution is 2.50. The van der Waals surface area contributed by atoms with Crippen LogP contribution in [0.2, 0.25) is 0 Å². The summed E-state index contributed by atoms with van der Waals surface area (Å²) in [6.07, 6.45) is 4.65. The van der Waals surface area contributed by atoms with Gasteiger partial charge in [0, 0.05) is 28.1 Å². The van der Waals surface area contributed by atoms with Crippen LogP contribution in [0, 0.1) is 0 Å². The van der Waals surface area contributed by atoms with Gasteiger partial charge in [-0.25, -0.2) is 0 Å². The molecule has 1 unspecified atom stereocenters. The van der Waals surface area contributed by atoms with Gasteiger partial charge in [-0.2, -0.15) is 0 Å². The maximum atomic E-state index is 3.65. The lowest BCUT2D eigenvalue weighted by Crippen LogP contribution is -2.25. The predicted octanol–water partition coefficient (Wildman–Crippen LogP) is 11.9. The van der Waals surface area contributed by atoms with E-state index in [1.165, 1.54) is 72.6 Å². The van der Waals surface area contributed by atoms with Gasteiger partial charge in [-0.3, -0.25) is 0 Å². The predicted molar refractivity (Wildman–Crippen MR) is 195 cm³/mol. The number of benzene rings is 6.